The molecule has 6 heteroatoms. The van der Waals surface area contributed by atoms with Crippen LogP contribution >= 0.6 is 0 Å². The first kappa shape index (κ1) is 14.7. The lowest BCUT2D eigenvalue weighted by atomic mass is 10.1. The van der Waals surface area contributed by atoms with Crippen LogP contribution in [0.2, 0.25) is 0 Å². The normalized spacial score (nSPS) is 21.1. The van der Waals surface area contributed by atoms with Crippen LogP contribution < -0.4 is 11.2 Å². The van der Waals surface area contributed by atoms with Gasteiger partial charge >= 0.3 is 5.69 Å². The molecule has 0 aliphatic carbocycles. The Labute approximate surface area is 127 Å². The maximum absolute atomic E-state index is 12.0. The van der Waals surface area contributed by atoms with E-state index in [2.05, 4.69) is 4.98 Å². The molecule has 1 aliphatic rings. The standard InChI is InChI=1S/C16H18N2O4/c19-10-13-6-7-14(22-13)18-9-12(15(20)17-16(18)21)8-11-4-2-1-3-5-11/h1-5,9,13-14,19H,6-8,10H2,(H,17,20,21)/t13-,14+/m0/s1. The molecule has 1 aliphatic heterocycles. The van der Waals surface area contributed by atoms with Crippen molar-refractivity contribution in [2.75, 3.05) is 6.61 Å². The van der Waals surface area contributed by atoms with Gasteiger partial charge in [0.15, 0.2) is 0 Å². The van der Waals surface area contributed by atoms with Gasteiger partial charge in [0.05, 0.1) is 12.7 Å². The van der Waals surface area contributed by atoms with Crippen molar-refractivity contribution in [3.8, 4) is 0 Å². The number of nitrogens with one attached hydrogen (secondary N) is 1. The molecule has 0 radical (unpaired) electrons. The summed E-state index contributed by atoms with van der Waals surface area (Å²) in [5.41, 5.74) is 0.660. The Bertz CT molecular complexity index is 751. The van der Waals surface area contributed by atoms with Crippen LogP contribution in [0.4, 0.5) is 0 Å². The summed E-state index contributed by atoms with van der Waals surface area (Å²) in [7, 11) is 0. The SMILES string of the molecule is O=c1[nH]c(=O)n([C@H]2CC[C@@H](CO)O2)cc1Cc1ccccc1. The van der Waals surface area contributed by atoms with Crippen molar-refractivity contribution in [1.82, 2.24) is 9.55 Å². The number of benzene rings is 1. The van der Waals surface area contributed by atoms with Crippen molar-refractivity contribution < 1.29 is 9.84 Å². The molecule has 3 rings (SSSR count). The van der Waals surface area contributed by atoms with Crippen molar-refractivity contribution >= 4 is 0 Å². The second kappa shape index (κ2) is 6.29. The van der Waals surface area contributed by atoms with Crippen LogP contribution in [-0.4, -0.2) is 27.4 Å². The van der Waals surface area contributed by atoms with E-state index in [0.717, 1.165) is 5.56 Å². The number of H-pyrrole nitrogens is 1. The molecule has 1 saturated heterocycles. The van der Waals surface area contributed by atoms with E-state index in [1.54, 1.807) is 6.20 Å². The lowest BCUT2D eigenvalue weighted by Crippen LogP contribution is -2.34. The molecule has 0 amide bonds. The highest BCUT2D eigenvalue weighted by Crippen LogP contribution is 2.26. The van der Waals surface area contributed by atoms with Gasteiger partial charge in [-0.15, -0.1) is 0 Å². The molecule has 1 aromatic carbocycles. The first-order valence-corrected chi connectivity index (χ1v) is 7.32. The van der Waals surface area contributed by atoms with E-state index in [9.17, 15) is 9.59 Å². The third-order valence-corrected chi connectivity index (χ3v) is 3.88. The number of hydrogen-bond acceptors (Lipinski definition) is 4. The second-order valence-electron chi connectivity index (χ2n) is 5.46. The average molecular weight is 302 g/mol. The predicted octanol–water partition coefficient (Wildman–Crippen LogP) is 0.797. The largest absolute Gasteiger partial charge is 0.394 e. The predicted molar refractivity (Wildman–Crippen MR) is 80.8 cm³/mol. The summed E-state index contributed by atoms with van der Waals surface area (Å²) in [4.78, 5) is 26.3. The fraction of sp³-hybridized carbons (Fsp3) is 0.375. The molecule has 2 aromatic rings. The molecule has 1 fully saturated rings. The molecule has 6 nitrogen and oxygen atoms in total. The van der Waals surface area contributed by atoms with E-state index in [1.165, 1.54) is 4.57 Å². The quantitative estimate of drug-likeness (QED) is 0.875. The van der Waals surface area contributed by atoms with Crippen molar-refractivity contribution in [1.29, 1.82) is 0 Å². The van der Waals surface area contributed by atoms with Gasteiger partial charge in [0.1, 0.15) is 6.23 Å². The Hall–Kier alpha value is -2.18. The van der Waals surface area contributed by atoms with Gasteiger partial charge in [-0.05, 0) is 18.4 Å². The zero-order valence-corrected chi connectivity index (χ0v) is 12.1. The van der Waals surface area contributed by atoms with Crippen LogP contribution in [0.15, 0.2) is 46.1 Å². The van der Waals surface area contributed by atoms with Gasteiger partial charge in [-0.1, -0.05) is 30.3 Å². The van der Waals surface area contributed by atoms with Crippen LogP contribution in [0.5, 0.6) is 0 Å². The molecule has 2 heterocycles. The Morgan fingerprint density at radius 2 is 2.00 bits per heavy atom. The number of aromatic amines is 1. The van der Waals surface area contributed by atoms with E-state index in [-0.39, 0.29) is 18.3 Å². The van der Waals surface area contributed by atoms with Gasteiger partial charge in [0.25, 0.3) is 5.56 Å². The molecule has 2 atom stereocenters. The second-order valence-corrected chi connectivity index (χ2v) is 5.46. The van der Waals surface area contributed by atoms with Gasteiger partial charge in [-0.2, -0.15) is 0 Å². The number of hydrogen-bond donors (Lipinski definition) is 2. The fourth-order valence-corrected chi connectivity index (χ4v) is 2.71. The fourth-order valence-electron chi connectivity index (χ4n) is 2.71. The number of aliphatic hydroxyl groups is 1. The summed E-state index contributed by atoms with van der Waals surface area (Å²) in [6.07, 6.45) is 2.67. The summed E-state index contributed by atoms with van der Waals surface area (Å²) in [6, 6.07) is 9.60. The van der Waals surface area contributed by atoms with Crippen molar-refractivity contribution in [2.45, 2.75) is 31.6 Å². The summed E-state index contributed by atoms with van der Waals surface area (Å²) in [5.74, 6) is 0. The zero-order valence-electron chi connectivity index (χ0n) is 12.1. The van der Waals surface area contributed by atoms with Crippen LogP contribution in [-0.2, 0) is 11.2 Å². The molecule has 0 spiro atoms. The number of aromatic nitrogens is 2. The van der Waals surface area contributed by atoms with E-state index in [4.69, 9.17) is 9.84 Å². The molecule has 1 aromatic heterocycles. The Kier molecular flexibility index (Phi) is 4.22. The maximum atomic E-state index is 12.0. The third-order valence-electron chi connectivity index (χ3n) is 3.88. The Balaban J connectivity index is 1.90. The highest BCUT2D eigenvalue weighted by molar-refractivity contribution is 5.22. The minimum Gasteiger partial charge on any atom is -0.394 e. The van der Waals surface area contributed by atoms with E-state index < -0.39 is 11.9 Å². The maximum Gasteiger partial charge on any atom is 0.330 e. The monoisotopic (exact) mass is 302 g/mol. The van der Waals surface area contributed by atoms with Gasteiger partial charge in [0.2, 0.25) is 0 Å². The zero-order chi connectivity index (χ0) is 15.5. The molecule has 0 unspecified atom stereocenters. The van der Waals surface area contributed by atoms with Crippen molar-refractivity contribution in [2.24, 2.45) is 0 Å². The van der Waals surface area contributed by atoms with Gasteiger partial charge in [0, 0.05) is 18.2 Å². The molecular formula is C16H18N2O4. The summed E-state index contributed by atoms with van der Waals surface area (Å²) < 4.78 is 7.03. The Morgan fingerprint density at radius 3 is 2.68 bits per heavy atom. The van der Waals surface area contributed by atoms with Crippen LogP contribution in [0.1, 0.15) is 30.2 Å². The Morgan fingerprint density at radius 1 is 1.23 bits per heavy atom. The smallest absolute Gasteiger partial charge is 0.330 e. The first-order valence-electron chi connectivity index (χ1n) is 7.32. The summed E-state index contributed by atoms with van der Waals surface area (Å²) >= 11 is 0. The highest BCUT2D eigenvalue weighted by Gasteiger charge is 2.27. The molecule has 0 bridgehead atoms. The number of ether oxygens (including phenoxy) is 1. The molecule has 2 N–H and O–H groups in total. The third kappa shape index (κ3) is 3.03. The van der Waals surface area contributed by atoms with Crippen LogP contribution in [0.25, 0.3) is 0 Å². The number of rotatable bonds is 4. The lowest BCUT2D eigenvalue weighted by Gasteiger charge is -2.15. The minimum atomic E-state index is -0.481. The average Bonchev–Trinajstić information content (AvgIpc) is 3.00. The summed E-state index contributed by atoms with van der Waals surface area (Å²) in [5, 5.41) is 9.12. The number of nitrogens with zero attached hydrogens (tertiary/aromatic N) is 1. The minimum absolute atomic E-state index is 0.0640. The highest BCUT2D eigenvalue weighted by atomic mass is 16.5. The van der Waals surface area contributed by atoms with Gasteiger partial charge in [-0.25, -0.2) is 4.79 Å². The van der Waals surface area contributed by atoms with E-state index >= 15 is 0 Å². The topological polar surface area (TPSA) is 84.3 Å². The van der Waals surface area contributed by atoms with E-state index in [1.807, 2.05) is 30.3 Å². The van der Waals surface area contributed by atoms with Crippen LogP contribution in [0, 0.1) is 0 Å². The molecule has 22 heavy (non-hydrogen) atoms. The van der Waals surface area contributed by atoms with Crippen LogP contribution in [0.3, 0.4) is 0 Å². The first-order chi connectivity index (χ1) is 10.7. The molecule has 0 saturated carbocycles. The van der Waals surface area contributed by atoms with Crippen molar-refractivity contribution in [3.63, 3.8) is 0 Å². The molecule has 116 valence electrons. The van der Waals surface area contributed by atoms with Crippen molar-refractivity contribution in [3.05, 3.63) is 68.5 Å². The lowest BCUT2D eigenvalue weighted by molar-refractivity contribution is -0.0247. The molecular weight excluding hydrogens is 284 g/mol. The van der Waals surface area contributed by atoms with E-state index in [0.29, 0.717) is 24.8 Å². The van der Waals surface area contributed by atoms with Gasteiger partial charge < -0.3 is 9.84 Å². The number of aliphatic hydroxyl groups excluding tert-OH is 1. The summed E-state index contributed by atoms with van der Waals surface area (Å²) in [6.45, 7) is -0.0640. The van der Waals surface area contributed by atoms with Gasteiger partial charge in [-0.3, -0.25) is 14.3 Å².